The van der Waals surface area contributed by atoms with Crippen molar-refractivity contribution in [3.63, 3.8) is 0 Å². The van der Waals surface area contributed by atoms with Crippen molar-refractivity contribution in [2.75, 3.05) is 11.4 Å². The molecule has 1 aromatic carbocycles. The third-order valence-corrected chi connectivity index (χ3v) is 3.30. The summed E-state index contributed by atoms with van der Waals surface area (Å²) in [5.74, 6) is -1.34. The van der Waals surface area contributed by atoms with Crippen molar-refractivity contribution in [2.45, 2.75) is 12.6 Å². The molecule has 1 fully saturated rings. The topological polar surface area (TPSA) is 37.4 Å². The summed E-state index contributed by atoms with van der Waals surface area (Å²) in [6.45, 7) is 0.122. The minimum absolute atomic E-state index is 0.0379. The zero-order valence-electron chi connectivity index (χ0n) is 8.92. The smallest absolute Gasteiger partial charge is 0.305 e. The molecule has 96 valence electrons. The molecule has 0 spiro atoms. The number of carbonyl (C=O) groups excluding carboxylic acids is 2. The molecule has 1 amide bonds. The second-order valence-electron chi connectivity index (χ2n) is 3.79. The summed E-state index contributed by atoms with van der Waals surface area (Å²) in [7, 11) is 0. The van der Waals surface area contributed by atoms with Gasteiger partial charge < -0.3 is 4.90 Å². The van der Waals surface area contributed by atoms with Gasteiger partial charge in [-0.3, -0.25) is 9.59 Å². The van der Waals surface area contributed by atoms with Crippen LogP contribution >= 0.6 is 15.9 Å². The molecule has 2 rings (SSSR count). The molecule has 0 bridgehead atoms. The zero-order valence-corrected chi connectivity index (χ0v) is 10.5. The van der Waals surface area contributed by atoms with Crippen molar-refractivity contribution in [1.82, 2.24) is 0 Å². The summed E-state index contributed by atoms with van der Waals surface area (Å²) >= 11 is 2.81. The number of hydrogen-bond donors (Lipinski definition) is 0. The van der Waals surface area contributed by atoms with E-state index in [0.717, 1.165) is 11.0 Å². The van der Waals surface area contributed by atoms with Crippen molar-refractivity contribution >= 4 is 33.3 Å². The van der Waals surface area contributed by atoms with E-state index in [1.54, 1.807) is 0 Å². The third kappa shape index (κ3) is 2.27. The minimum atomic E-state index is -4.51. The van der Waals surface area contributed by atoms with E-state index in [-0.39, 0.29) is 23.1 Å². The van der Waals surface area contributed by atoms with E-state index in [2.05, 4.69) is 15.9 Å². The average Bonchev–Trinajstić information content (AvgIpc) is 2.59. The van der Waals surface area contributed by atoms with E-state index >= 15 is 0 Å². The maximum absolute atomic E-state index is 12.7. The van der Waals surface area contributed by atoms with Gasteiger partial charge in [0.1, 0.15) is 0 Å². The highest BCUT2D eigenvalue weighted by Gasteiger charge is 2.35. The molecule has 1 heterocycles. The van der Waals surface area contributed by atoms with Gasteiger partial charge in [0.15, 0.2) is 0 Å². The van der Waals surface area contributed by atoms with Gasteiger partial charge in [0.05, 0.1) is 5.56 Å². The summed E-state index contributed by atoms with van der Waals surface area (Å²) in [5.41, 5.74) is -0.784. The van der Waals surface area contributed by atoms with Crippen LogP contribution in [-0.2, 0) is 15.8 Å². The van der Waals surface area contributed by atoms with Gasteiger partial charge in [-0.15, -0.1) is 0 Å². The van der Waals surface area contributed by atoms with Gasteiger partial charge in [0, 0.05) is 23.1 Å². The molecule has 0 aliphatic carbocycles. The molecule has 1 saturated heterocycles. The SMILES string of the molecule is O=C1CCN(c2ccc(Br)c(C(F)(F)F)c2)C1=O. The molecule has 0 saturated carbocycles. The molecular formula is C11H7BrF3NO2. The molecule has 1 aliphatic rings. The number of rotatable bonds is 1. The fraction of sp³-hybridized carbons (Fsp3) is 0.273. The molecule has 3 nitrogen and oxygen atoms in total. The fourth-order valence-electron chi connectivity index (χ4n) is 1.72. The van der Waals surface area contributed by atoms with Gasteiger partial charge >= 0.3 is 6.18 Å². The predicted octanol–water partition coefficient (Wildman–Crippen LogP) is 2.77. The van der Waals surface area contributed by atoms with E-state index in [1.165, 1.54) is 12.1 Å². The van der Waals surface area contributed by atoms with Crippen LogP contribution in [0.4, 0.5) is 18.9 Å². The van der Waals surface area contributed by atoms with Gasteiger partial charge in [-0.1, -0.05) is 15.9 Å². The van der Waals surface area contributed by atoms with E-state index in [9.17, 15) is 22.8 Å². The molecule has 0 N–H and O–H groups in total. The molecule has 1 aliphatic heterocycles. The van der Waals surface area contributed by atoms with Gasteiger partial charge in [-0.25, -0.2) is 0 Å². The summed E-state index contributed by atoms with van der Waals surface area (Å²) in [4.78, 5) is 23.6. The highest BCUT2D eigenvalue weighted by molar-refractivity contribution is 9.10. The first kappa shape index (κ1) is 13.1. The lowest BCUT2D eigenvalue weighted by Gasteiger charge is -2.17. The molecule has 0 unspecified atom stereocenters. The monoisotopic (exact) mass is 321 g/mol. The molecule has 0 aromatic heterocycles. The van der Waals surface area contributed by atoms with Crippen LogP contribution in [0.25, 0.3) is 0 Å². The van der Waals surface area contributed by atoms with Gasteiger partial charge in [-0.2, -0.15) is 13.2 Å². The minimum Gasteiger partial charge on any atom is -0.305 e. The van der Waals surface area contributed by atoms with Gasteiger partial charge in [0.2, 0.25) is 5.78 Å². The van der Waals surface area contributed by atoms with Crippen molar-refractivity contribution < 1.29 is 22.8 Å². The summed E-state index contributed by atoms with van der Waals surface area (Å²) < 4.78 is 38.0. The Morgan fingerprint density at radius 3 is 2.39 bits per heavy atom. The van der Waals surface area contributed by atoms with E-state index < -0.39 is 23.4 Å². The number of amides is 1. The quantitative estimate of drug-likeness (QED) is 0.746. The Bertz CT molecular complexity index is 528. The Morgan fingerprint density at radius 2 is 1.89 bits per heavy atom. The van der Waals surface area contributed by atoms with Crippen LogP contribution < -0.4 is 4.90 Å². The second kappa shape index (κ2) is 4.38. The summed E-state index contributed by atoms with van der Waals surface area (Å²) in [6, 6.07) is 3.45. The number of alkyl halides is 3. The van der Waals surface area contributed by atoms with Crippen LogP contribution in [0.15, 0.2) is 22.7 Å². The normalized spacial score (nSPS) is 16.6. The Morgan fingerprint density at radius 1 is 1.22 bits per heavy atom. The molecule has 0 radical (unpaired) electrons. The first-order chi connectivity index (χ1) is 8.30. The Labute approximate surface area is 109 Å². The fourth-order valence-corrected chi connectivity index (χ4v) is 2.19. The standard InChI is InChI=1S/C11H7BrF3NO2/c12-8-2-1-6(5-7(8)11(13,14)15)16-4-3-9(17)10(16)18/h1-2,5H,3-4H2. The predicted molar refractivity (Wildman–Crippen MR) is 61.1 cm³/mol. The summed E-state index contributed by atoms with van der Waals surface area (Å²) in [5, 5.41) is 0. The van der Waals surface area contributed by atoms with Crippen LogP contribution in [-0.4, -0.2) is 18.2 Å². The molecular weight excluding hydrogens is 315 g/mol. The van der Waals surface area contributed by atoms with E-state index in [1.807, 2.05) is 0 Å². The van der Waals surface area contributed by atoms with E-state index in [4.69, 9.17) is 0 Å². The maximum atomic E-state index is 12.7. The lowest BCUT2D eigenvalue weighted by atomic mass is 10.2. The highest BCUT2D eigenvalue weighted by atomic mass is 79.9. The van der Waals surface area contributed by atoms with Gasteiger partial charge in [0.25, 0.3) is 5.91 Å². The number of nitrogens with zero attached hydrogens (tertiary/aromatic N) is 1. The number of ketones is 1. The van der Waals surface area contributed by atoms with Crippen molar-refractivity contribution in [2.24, 2.45) is 0 Å². The summed E-state index contributed by atoms with van der Waals surface area (Å²) in [6.07, 6.45) is -4.47. The number of benzene rings is 1. The lowest BCUT2D eigenvalue weighted by Crippen LogP contribution is -2.27. The average molecular weight is 322 g/mol. The molecule has 18 heavy (non-hydrogen) atoms. The van der Waals surface area contributed by atoms with Crippen LogP contribution in [0.2, 0.25) is 0 Å². The Balaban J connectivity index is 2.42. The number of Topliss-reactive ketones (excluding diaryl/α,β-unsaturated/α-hetero) is 1. The van der Waals surface area contributed by atoms with Gasteiger partial charge in [-0.05, 0) is 18.2 Å². The number of anilines is 1. The maximum Gasteiger partial charge on any atom is 0.417 e. The number of carbonyl (C=O) groups is 2. The van der Waals surface area contributed by atoms with Crippen molar-refractivity contribution in [1.29, 1.82) is 0 Å². The molecule has 0 atom stereocenters. The Hall–Kier alpha value is -1.37. The zero-order chi connectivity index (χ0) is 13.5. The lowest BCUT2D eigenvalue weighted by molar-refractivity contribution is -0.138. The van der Waals surface area contributed by atoms with Crippen LogP contribution in [0.1, 0.15) is 12.0 Å². The number of halogens is 4. The van der Waals surface area contributed by atoms with Crippen LogP contribution in [0.3, 0.4) is 0 Å². The van der Waals surface area contributed by atoms with Crippen molar-refractivity contribution in [3.05, 3.63) is 28.2 Å². The van der Waals surface area contributed by atoms with E-state index in [0.29, 0.717) is 0 Å². The largest absolute Gasteiger partial charge is 0.417 e. The third-order valence-electron chi connectivity index (χ3n) is 2.61. The molecule has 1 aromatic rings. The Kier molecular flexibility index (Phi) is 3.18. The highest BCUT2D eigenvalue weighted by Crippen LogP contribution is 2.37. The first-order valence-electron chi connectivity index (χ1n) is 5.02. The van der Waals surface area contributed by atoms with Crippen LogP contribution in [0, 0.1) is 0 Å². The molecule has 7 heteroatoms. The van der Waals surface area contributed by atoms with Crippen LogP contribution in [0.5, 0.6) is 0 Å². The van der Waals surface area contributed by atoms with Crippen molar-refractivity contribution in [3.8, 4) is 0 Å². The first-order valence-corrected chi connectivity index (χ1v) is 5.81. The number of hydrogen-bond acceptors (Lipinski definition) is 2. The second-order valence-corrected chi connectivity index (χ2v) is 4.65.